The van der Waals surface area contributed by atoms with Crippen molar-refractivity contribution in [2.24, 2.45) is 28.4 Å². The smallest absolute Gasteiger partial charge is 0.223 e. The van der Waals surface area contributed by atoms with Gasteiger partial charge in [-0.3, -0.25) is 4.79 Å². The first-order chi connectivity index (χ1) is 6.23. The summed E-state index contributed by atoms with van der Waals surface area (Å²) in [5.74, 6) is -0.212. The van der Waals surface area contributed by atoms with E-state index in [0.717, 1.165) is 12.7 Å². The van der Waals surface area contributed by atoms with Gasteiger partial charge in [-0.05, 0) is 17.8 Å². The first kappa shape index (κ1) is 11.2. The summed E-state index contributed by atoms with van der Waals surface area (Å²) < 4.78 is 0. The zero-order valence-electron chi connectivity index (χ0n) is 9.33. The van der Waals surface area contributed by atoms with Gasteiger partial charge in [-0.15, -0.1) is 0 Å². The van der Waals surface area contributed by atoms with Gasteiger partial charge >= 0.3 is 0 Å². The fraction of sp³-hybridized carbons (Fsp3) is 0.818. The third-order valence-electron chi connectivity index (χ3n) is 3.45. The second kappa shape index (κ2) is 3.07. The molecule has 0 aliphatic heterocycles. The molecule has 1 aliphatic carbocycles. The maximum absolute atomic E-state index is 11.1. The minimum Gasteiger partial charge on any atom is -0.369 e. The monoisotopic (exact) mass is 197 g/mol. The van der Waals surface area contributed by atoms with Gasteiger partial charge in [0, 0.05) is 5.92 Å². The van der Waals surface area contributed by atoms with Gasteiger partial charge in [0.15, 0.2) is 0 Å². The Hall–Kier alpha value is -0.860. The minimum absolute atomic E-state index is 0.0694. The zero-order valence-corrected chi connectivity index (χ0v) is 9.33. The molecule has 0 aromatic rings. The Morgan fingerprint density at radius 2 is 2.07 bits per heavy atom. The number of hydrogen-bond acceptors (Lipinski definition) is 2. The van der Waals surface area contributed by atoms with Crippen LogP contribution in [0.1, 0.15) is 34.1 Å². The third-order valence-corrected chi connectivity index (χ3v) is 3.45. The fourth-order valence-electron chi connectivity index (χ4n) is 2.11. The number of aldehydes is 1. The van der Waals surface area contributed by atoms with E-state index in [9.17, 15) is 9.59 Å². The topological polar surface area (TPSA) is 60.2 Å². The molecule has 1 fully saturated rings. The van der Waals surface area contributed by atoms with Gasteiger partial charge in [-0.25, -0.2) is 0 Å². The van der Waals surface area contributed by atoms with Crippen molar-refractivity contribution in [3.63, 3.8) is 0 Å². The van der Waals surface area contributed by atoms with E-state index < -0.39 is 5.41 Å². The van der Waals surface area contributed by atoms with Crippen LogP contribution in [0.4, 0.5) is 0 Å². The highest BCUT2D eigenvalue weighted by molar-refractivity contribution is 5.84. The molecule has 1 saturated carbocycles. The van der Waals surface area contributed by atoms with E-state index in [-0.39, 0.29) is 23.2 Å². The predicted octanol–water partition coefficient (Wildman–Crippen LogP) is 1.36. The highest BCUT2D eigenvalue weighted by atomic mass is 16.1. The lowest BCUT2D eigenvalue weighted by Crippen LogP contribution is -2.31. The summed E-state index contributed by atoms with van der Waals surface area (Å²) in [6, 6.07) is 0. The molecule has 0 heterocycles. The van der Waals surface area contributed by atoms with Crippen molar-refractivity contribution >= 4 is 12.2 Å². The summed E-state index contributed by atoms with van der Waals surface area (Å²) >= 11 is 0. The molecular weight excluding hydrogens is 178 g/mol. The molecule has 0 aromatic heterocycles. The molecule has 0 spiro atoms. The molecule has 3 heteroatoms. The average Bonchev–Trinajstić information content (AvgIpc) is 2.62. The lowest BCUT2D eigenvalue weighted by molar-refractivity contribution is -0.124. The number of hydrogen-bond donors (Lipinski definition) is 1. The van der Waals surface area contributed by atoms with Gasteiger partial charge in [-0.2, -0.15) is 0 Å². The molecular formula is C11H19NO2. The van der Waals surface area contributed by atoms with Crippen molar-refractivity contribution in [1.82, 2.24) is 0 Å². The average molecular weight is 197 g/mol. The van der Waals surface area contributed by atoms with Crippen LogP contribution in [0.5, 0.6) is 0 Å². The van der Waals surface area contributed by atoms with Gasteiger partial charge in [0.05, 0.1) is 5.41 Å². The van der Waals surface area contributed by atoms with Gasteiger partial charge in [-0.1, -0.05) is 27.7 Å². The highest BCUT2D eigenvalue weighted by Gasteiger charge is 2.60. The van der Waals surface area contributed by atoms with Gasteiger partial charge in [0.2, 0.25) is 5.91 Å². The predicted molar refractivity (Wildman–Crippen MR) is 54.4 cm³/mol. The first-order valence-corrected chi connectivity index (χ1v) is 4.98. The Morgan fingerprint density at radius 3 is 2.29 bits per heavy atom. The van der Waals surface area contributed by atoms with Crippen molar-refractivity contribution in [1.29, 1.82) is 0 Å². The zero-order chi connectivity index (χ0) is 11.1. The maximum atomic E-state index is 11.1. The molecule has 1 rings (SSSR count). The van der Waals surface area contributed by atoms with Crippen LogP contribution >= 0.6 is 0 Å². The Balaban J connectivity index is 2.78. The second-order valence-electron chi connectivity index (χ2n) is 5.62. The summed E-state index contributed by atoms with van der Waals surface area (Å²) in [6.07, 6.45) is 1.72. The van der Waals surface area contributed by atoms with Crippen LogP contribution in [0.15, 0.2) is 0 Å². The standard InChI is InChI=1S/C11H19NO2/c1-10(2,3)8(6-13)7-5-11(7,4)9(12)14/h6-8H,5H2,1-4H3,(H2,12,14). The SMILES string of the molecule is CC(C)(C)C(C=O)C1CC1(C)C(N)=O. The van der Waals surface area contributed by atoms with Crippen molar-refractivity contribution in [3.8, 4) is 0 Å². The number of nitrogens with two attached hydrogens (primary N) is 1. The number of carbonyl (C=O) groups is 2. The van der Waals surface area contributed by atoms with Crippen molar-refractivity contribution < 1.29 is 9.59 Å². The fourth-order valence-corrected chi connectivity index (χ4v) is 2.11. The maximum Gasteiger partial charge on any atom is 0.223 e. The Bertz CT molecular complexity index is 267. The Kier molecular flexibility index (Phi) is 2.46. The summed E-state index contributed by atoms with van der Waals surface area (Å²) in [4.78, 5) is 22.1. The summed E-state index contributed by atoms with van der Waals surface area (Å²) in [6.45, 7) is 7.91. The third kappa shape index (κ3) is 1.68. The molecule has 14 heavy (non-hydrogen) atoms. The number of primary amides is 1. The molecule has 0 radical (unpaired) electrons. The molecule has 1 aliphatic rings. The van der Waals surface area contributed by atoms with Crippen LogP contribution in [0.25, 0.3) is 0 Å². The quantitative estimate of drug-likeness (QED) is 0.694. The van der Waals surface area contributed by atoms with E-state index in [1.807, 2.05) is 27.7 Å². The van der Waals surface area contributed by atoms with Gasteiger partial charge in [0.1, 0.15) is 6.29 Å². The number of rotatable bonds is 3. The minimum atomic E-state index is -0.446. The normalized spacial score (nSPS) is 33.6. The summed E-state index contributed by atoms with van der Waals surface area (Å²) in [5, 5.41) is 0. The van der Waals surface area contributed by atoms with Crippen molar-refractivity contribution in [2.75, 3.05) is 0 Å². The van der Waals surface area contributed by atoms with Crippen LogP contribution in [0, 0.1) is 22.7 Å². The lowest BCUT2D eigenvalue weighted by Gasteiger charge is -2.27. The molecule has 0 bridgehead atoms. The van der Waals surface area contributed by atoms with E-state index in [2.05, 4.69) is 0 Å². The molecule has 3 atom stereocenters. The molecule has 3 unspecified atom stereocenters. The van der Waals surface area contributed by atoms with E-state index in [0.29, 0.717) is 0 Å². The summed E-state index contributed by atoms with van der Waals surface area (Å²) in [7, 11) is 0. The molecule has 80 valence electrons. The molecule has 2 N–H and O–H groups in total. The van der Waals surface area contributed by atoms with E-state index >= 15 is 0 Å². The highest BCUT2D eigenvalue weighted by Crippen LogP contribution is 2.58. The first-order valence-electron chi connectivity index (χ1n) is 4.98. The molecule has 1 amide bonds. The van der Waals surface area contributed by atoms with Crippen molar-refractivity contribution in [2.45, 2.75) is 34.1 Å². The number of carbonyl (C=O) groups excluding carboxylic acids is 2. The van der Waals surface area contributed by atoms with Crippen LogP contribution in [-0.2, 0) is 9.59 Å². The lowest BCUT2D eigenvalue weighted by atomic mass is 9.76. The van der Waals surface area contributed by atoms with Crippen molar-refractivity contribution in [3.05, 3.63) is 0 Å². The van der Waals surface area contributed by atoms with Crippen LogP contribution in [0.3, 0.4) is 0 Å². The molecule has 0 saturated heterocycles. The molecule has 0 aromatic carbocycles. The number of amides is 1. The van der Waals surface area contributed by atoms with Crippen LogP contribution in [0.2, 0.25) is 0 Å². The van der Waals surface area contributed by atoms with Crippen LogP contribution in [-0.4, -0.2) is 12.2 Å². The Labute approximate surface area is 85.0 Å². The van der Waals surface area contributed by atoms with E-state index in [4.69, 9.17) is 5.73 Å². The molecule has 3 nitrogen and oxygen atoms in total. The largest absolute Gasteiger partial charge is 0.369 e. The Morgan fingerprint density at radius 1 is 1.57 bits per heavy atom. The van der Waals surface area contributed by atoms with Gasteiger partial charge < -0.3 is 10.5 Å². The van der Waals surface area contributed by atoms with E-state index in [1.54, 1.807) is 0 Å². The summed E-state index contributed by atoms with van der Waals surface area (Å²) in [5.41, 5.74) is 4.77. The second-order valence-corrected chi connectivity index (χ2v) is 5.62. The van der Waals surface area contributed by atoms with Crippen LogP contribution < -0.4 is 5.73 Å². The van der Waals surface area contributed by atoms with E-state index in [1.165, 1.54) is 0 Å². The van der Waals surface area contributed by atoms with Gasteiger partial charge in [0.25, 0.3) is 0 Å².